The summed E-state index contributed by atoms with van der Waals surface area (Å²) in [4.78, 5) is 0. The van der Waals surface area contributed by atoms with Gasteiger partial charge in [-0.3, -0.25) is 5.10 Å². The summed E-state index contributed by atoms with van der Waals surface area (Å²) in [5, 5.41) is 16.8. The highest BCUT2D eigenvalue weighted by Gasteiger charge is 2.13. The second kappa shape index (κ2) is 4.39. The summed E-state index contributed by atoms with van der Waals surface area (Å²) < 4.78 is 0. The number of H-pyrrole nitrogens is 1. The highest BCUT2D eigenvalue weighted by Crippen LogP contribution is 2.33. The zero-order valence-electron chi connectivity index (χ0n) is 8.78. The molecule has 0 unspecified atom stereocenters. The highest BCUT2D eigenvalue weighted by molar-refractivity contribution is 6.35. The number of nitrogens with zero attached hydrogens (tertiary/aromatic N) is 3. The van der Waals surface area contributed by atoms with Crippen LogP contribution in [0.25, 0.3) is 22.3 Å². The largest absolute Gasteiger partial charge is 0.259 e. The number of nitrogens with one attached hydrogen (secondary N) is 1. The lowest BCUT2D eigenvalue weighted by molar-refractivity contribution is 1.02. The van der Waals surface area contributed by atoms with Crippen LogP contribution in [0.1, 0.15) is 0 Å². The third-order valence-electron chi connectivity index (χ3n) is 2.48. The van der Waals surface area contributed by atoms with Gasteiger partial charge in [0, 0.05) is 10.6 Å². The maximum atomic E-state index is 6.15. The molecular formula is C11H5Cl3N4. The smallest absolute Gasteiger partial charge is 0.178 e. The fourth-order valence-electron chi connectivity index (χ4n) is 1.68. The number of aromatic amines is 1. The van der Waals surface area contributed by atoms with Gasteiger partial charge in [0.05, 0.1) is 10.4 Å². The van der Waals surface area contributed by atoms with Crippen LogP contribution in [0.2, 0.25) is 15.2 Å². The number of fused-ring (bicyclic) bond motifs is 1. The lowest BCUT2D eigenvalue weighted by atomic mass is 10.1. The quantitative estimate of drug-likeness (QED) is 0.739. The molecule has 0 spiro atoms. The number of hydrogen-bond donors (Lipinski definition) is 1. The van der Waals surface area contributed by atoms with Gasteiger partial charge in [0.2, 0.25) is 0 Å². The van der Waals surface area contributed by atoms with Crippen molar-refractivity contribution in [3.8, 4) is 11.3 Å². The molecule has 4 nitrogen and oxygen atoms in total. The van der Waals surface area contributed by atoms with Crippen LogP contribution in [0.4, 0.5) is 0 Å². The molecule has 3 rings (SSSR count). The molecule has 2 aromatic heterocycles. The Bertz CT molecular complexity index is 738. The summed E-state index contributed by atoms with van der Waals surface area (Å²) >= 11 is 17.9. The van der Waals surface area contributed by atoms with E-state index in [4.69, 9.17) is 34.8 Å². The number of rotatable bonds is 1. The van der Waals surface area contributed by atoms with Crippen LogP contribution in [-0.2, 0) is 0 Å². The third-order valence-corrected chi connectivity index (χ3v) is 3.23. The molecule has 90 valence electrons. The van der Waals surface area contributed by atoms with E-state index in [9.17, 15) is 0 Å². The van der Waals surface area contributed by atoms with Gasteiger partial charge >= 0.3 is 0 Å². The highest BCUT2D eigenvalue weighted by atomic mass is 35.5. The zero-order valence-corrected chi connectivity index (χ0v) is 11.1. The van der Waals surface area contributed by atoms with Crippen LogP contribution in [0.15, 0.2) is 24.3 Å². The Labute approximate surface area is 117 Å². The van der Waals surface area contributed by atoms with Crippen molar-refractivity contribution >= 4 is 45.8 Å². The molecule has 0 radical (unpaired) electrons. The average molecular weight is 300 g/mol. The van der Waals surface area contributed by atoms with Gasteiger partial charge < -0.3 is 0 Å². The Morgan fingerprint density at radius 3 is 2.67 bits per heavy atom. The summed E-state index contributed by atoms with van der Waals surface area (Å²) in [5.74, 6) is 0. The molecule has 2 heterocycles. The Hall–Kier alpha value is -1.36. The first-order valence-electron chi connectivity index (χ1n) is 4.98. The van der Waals surface area contributed by atoms with Crippen LogP contribution in [0.5, 0.6) is 0 Å². The van der Waals surface area contributed by atoms with Gasteiger partial charge in [0.1, 0.15) is 5.69 Å². The molecule has 7 heteroatoms. The van der Waals surface area contributed by atoms with E-state index in [0.717, 1.165) is 10.9 Å². The minimum atomic E-state index is 0.295. The van der Waals surface area contributed by atoms with Crippen molar-refractivity contribution < 1.29 is 0 Å². The average Bonchev–Trinajstić information content (AvgIpc) is 2.75. The van der Waals surface area contributed by atoms with Crippen molar-refractivity contribution in [2.24, 2.45) is 0 Å². The normalized spacial score (nSPS) is 11.1. The lowest BCUT2D eigenvalue weighted by Crippen LogP contribution is -1.84. The monoisotopic (exact) mass is 298 g/mol. The molecule has 0 aliphatic carbocycles. The second-order valence-corrected chi connectivity index (χ2v) is 4.86. The fraction of sp³-hybridized carbons (Fsp3) is 0. The molecule has 0 aliphatic rings. The molecule has 0 amide bonds. The van der Waals surface area contributed by atoms with Gasteiger partial charge in [0.25, 0.3) is 0 Å². The van der Waals surface area contributed by atoms with E-state index in [-0.39, 0.29) is 0 Å². The van der Waals surface area contributed by atoms with Crippen molar-refractivity contribution in [2.75, 3.05) is 0 Å². The molecule has 0 aliphatic heterocycles. The molecule has 0 saturated heterocycles. The van der Waals surface area contributed by atoms with Crippen LogP contribution in [0, 0.1) is 0 Å². The maximum absolute atomic E-state index is 6.15. The predicted molar refractivity (Wildman–Crippen MR) is 72.1 cm³/mol. The third kappa shape index (κ3) is 1.92. The SMILES string of the molecule is Clc1ccc(Cl)c(-c2n[nH]c3nnc(Cl)cc23)c1. The van der Waals surface area contributed by atoms with Gasteiger partial charge in [-0.2, -0.15) is 5.10 Å². The molecule has 18 heavy (non-hydrogen) atoms. The number of hydrogen-bond acceptors (Lipinski definition) is 3. The van der Waals surface area contributed by atoms with Crippen LogP contribution >= 0.6 is 34.8 Å². The Morgan fingerprint density at radius 1 is 1.00 bits per heavy atom. The van der Waals surface area contributed by atoms with Gasteiger partial charge in [-0.25, -0.2) is 0 Å². The zero-order chi connectivity index (χ0) is 12.7. The van der Waals surface area contributed by atoms with E-state index >= 15 is 0 Å². The van der Waals surface area contributed by atoms with Crippen molar-refractivity contribution in [3.05, 3.63) is 39.5 Å². The molecule has 0 fully saturated rings. The van der Waals surface area contributed by atoms with E-state index in [1.54, 1.807) is 24.3 Å². The first kappa shape index (κ1) is 11.7. The van der Waals surface area contributed by atoms with Gasteiger partial charge in [-0.15, -0.1) is 10.2 Å². The molecule has 0 saturated carbocycles. The van der Waals surface area contributed by atoms with Gasteiger partial charge in [-0.05, 0) is 24.3 Å². The van der Waals surface area contributed by atoms with E-state index < -0.39 is 0 Å². The summed E-state index contributed by atoms with van der Waals surface area (Å²) in [6.45, 7) is 0. The van der Waals surface area contributed by atoms with E-state index in [2.05, 4.69) is 20.4 Å². The maximum Gasteiger partial charge on any atom is 0.178 e. The van der Waals surface area contributed by atoms with Gasteiger partial charge in [0.15, 0.2) is 10.8 Å². The van der Waals surface area contributed by atoms with Crippen LogP contribution in [-0.4, -0.2) is 20.4 Å². The summed E-state index contributed by atoms with van der Waals surface area (Å²) in [6.07, 6.45) is 0. The topological polar surface area (TPSA) is 54.5 Å². The predicted octanol–water partition coefficient (Wildman–Crippen LogP) is 3.98. The molecule has 3 aromatic rings. The lowest BCUT2D eigenvalue weighted by Gasteiger charge is -2.02. The molecule has 0 atom stereocenters. The molecular weight excluding hydrogens is 295 g/mol. The van der Waals surface area contributed by atoms with Crippen molar-refractivity contribution in [2.45, 2.75) is 0 Å². The standard InChI is InChI=1S/C11H5Cl3N4/c12-5-1-2-8(13)6(3-5)10-7-4-9(14)15-17-11(7)18-16-10/h1-4H,(H,16,17,18). The first-order valence-corrected chi connectivity index (χ1v) is 6.11. The summed E-state index contributed by atoms with van der Waals surface area (Å²) in [7, 11) is 0. The summed E-state index contributed by atoms with van der Waals surface area (Å²) in [6, 6.07) is 6.86. The van der Waals surface area contributed by atoms with Gasteiger partial charge in [-0.1, -0.05) is 34.8 Å². The van der Waals surface area contributed by atoms with Crippen molar-refractivity contribution in [1.82, 2.24) is 20.4 Å². The molecule has 1 aromatic carbocycles. The molecule has 0 bridgehead atoms. The van der Waals surface area contributed by atoms with Crippen LogP contribution < -0.4 is 0 Å². The Balaban J connectivity index is 2.31. The van der Waals surface area contributed by atoms with Crippen molar-refractivity contribution in [3.63, 3.8) is 0 Å². The fourth-order valence-corrected chi connectivity index (χ4v) is 2.21. The summed E-state index contributed by atoms with van der Waals surface area (Å²) in [5.41, 5.74) is 1.92. The Kier molecular flexibility index (Phi) is 2.86. The minimum absolute atomic E-state index is 0.295. The number of halogens is 3. The number of aromatic nitrogens is 4. The van der Waals surface area contributed by atoms with Crippen molar-refractivity contribution in [1.29, 1.82) is 0 Å². The van der Waals surface area contributed by atoms with E-state index in [0.29, 0.717) is 26.5 Å². The van der Waals surface area contributed by atoms with Crippen LogP contribution in [0.3, 0.4) is 0 Å². The van der Waals surface area contributed by atoms with E-state index in [1.165, 1.54) is 0 Å². The Morgan fingerprint density at radius 2 is 1.83 bits per heavy atom. The first-order chi connectivity index (χ1) is 8.65. The minimum Gasteiger partial charge on any atom is -0.259 e. The number of benzene rings is 1. The van der Waals surface area contributed by atoms with E-state index in [1.807, 2.05) is 0 Å². The second-order valence-electron chi connectivity index (χ2n) is 3.63. The molecule has 1 N–H and O–H groups in total.